The van der Waals surface area contributed by atoms with Gasteiger partial charge in [-0.3, -0.25) is 4.79 Å². The van der Waals surface area contributed by atoms with Crippen LogP contribution in [0.25, 0.3) is 0 Å². The van der Waals surface area contributed by atoms with Gasteiger partial charge in [0.25, 0.3) is 0 Å². The quantitative estimate of drug-likeness (QED) is 0.726. The molecular weight excluding hydrogens is 214 g/mol. The van der Waals surface area contributed by atoms with E-state index in [9.17, 15) is 4.79 Å². The summed E-state index contributed by atoms with van der Waals surface area (Å²) in [6.45, 7) is 5.44. The minimum atomic E-state index is -0.407. The van der Waals surface area contributed by atoms with Crippen molar-refractivity contribution in [3.05, 3.63) is 29.8 Å². The van der Waals surface area contributed by atoms with Gasteiger partial charge >= 0.3 is 0 Å². The lowest BCUT2D eigenvalue weighted by molar-refractivity contribution is -0.123. The molecule has 0 radical (unpaired) electrons. The molecule has 2 N–H and O–H groups in total. The highest BCUT2D eigenvalue weighted by Gasteiger charge is 2.20. The Balaban J connectivity index is 2.72. The Bertz CT molecular complexity index is 444. The minimum absolute atomic E-state index is 0.0216. The third kappa shape index (κ3) is 4.29. The van der Waals surface area contributed by atoms with E-state index in [0.717, 1.165) is 11.3 Å². The summed E-state index contributed by atoms with van der Waals surface area (Å²) in [5.41, 5.74) is 1.15. The highest BCUT2D eigenvalue weighted by atomic mass is 16.2. The van der Waals surface area contributed by atoms with Crippen molar-refractivity contribution in [3.8, 4) is 11.8 Å². The Morgan fingerprint density at radius 1 is 1.29 bits per heavy atom. The van der Waals surface area contributed by atoms with Gasteiger partial charge in [0, 0.05) is 16.7 Å². The zero-order valence-corrected chi connectivity index (χ0v) is 10.4. The molecule has 0 aliphatic heterocycles. The topological polar surface area (TPSA) is 49.3 Å². The highest BCUT2D eigenvalue weighted by Crippen LogP contribution is 2.17. The number of rotatable bonds is 1. The van der Waals surface area contributed by atoms with Crippen LogP contribution in [0.1, 0.15) is 26.3 Å². The maximum absolute atomic E-state index is 11.7. The molecule has 0 aromatic heterocycles. The maximum Gasteiger partial charge on any atom is 0.229 e. The number of amides is 1. The molecule has 1 rings (SSSR count). The number of carbonyl (C=O) groups is 1. The van der Waals surface area contributed by atoms with Gasteiger partial charge in [-0.15, -0.1) is 0 Å². The van der Waals surface area contributed by atoms with Crippen molar-refractivity contribution in [2.75, 3.05) is 11.9 Å². The fourth-order valence-electron chi connectivity index (χ4n) is 1.10. The number of benzene rings is 1. The first kappa shape index (κ1) is 13.3. The van der Waals surface area contributed by atoms with Crippen LogP contribution in [-0.4, -0.2) is 17.6 Å². The van der Waals surface area contributed by atoms with Crippen molar-refractivity contribution in [2.45, 2.75) is 20.8 Å². The van der Waals surface area contributed by atoms with Gasteiger partial charge in [0.05, 0.1) is 0 Å². The largest absolute Gasteiger partial charge is 0.384 e. The smallest absolute Gasteiger partial charge is 0.229 e. The monoisotopic (exact) mass is 231 g/mol. The molecule has 0 fully saturated rings. The fourth-order valence-corrected chi connectivity index (χ4v) is 1.10. The van der Waals surface area contributed by atoms with Crippen molar-refractivity contribution in [2.24, 2.45) is 5.41 Å². The summed E-state index contributed by atoms with van der Waals surface area (Å²) < 4.78 is 0. The zero-order chi connectivity index (χ0) is 12.9. The molecule has 1 aromatic rings. The van der Waals surface area contributed by atoms with E-state index in [1.165, 1.54) is 0 Å². The average molecular weight is 231 g/mol. The third-order valence-corrected chi connectivity index (χ3v) is 2.14. The predicted octanol–water partition coefficient (Wildman–Crippen LogP) is 2.01. The molecule has 3 heteroatoms. The van der Waals surface area contributed by atoms with Gasteiger partial charge in [-0.1, -0.05) is 32.6 Å². The second-order valence-corrected chi connectivity index (χ2v) is 4.74. The van der Waals surface area contributed by atoms with E-state index in [1.807, 2.05) is 20.8 Å². The second-order valence-electron chi connectivity index (χ2n) is 4.74. The molecule has 0 spiro atoms. The second kappa shape index (κ2) is 5.51. The molecule has 0 bridgehead atoms. The van der Waals surface area contributed by atoms with Crippen LogP contribution in [0.4, 0.5) is 5.69 Å². The molecule has 0 unspecified atom stereocenters. The van der Waals surface area contributed by atoms with Gasteiger partial charge in [-0.25, -0.2) is 0 Å². The molecule has 0 aliphatic carbocycles. The number of nitrogens with one attached hydrogen (secondary N) is 1. The van der Waals surface area contributed by atoms with Gasteiger partial charge in [-0.05, 0) is 24.3 Å². The van der Waals surface area contributed by atoms with Gasteiger partial charge in [0.2, 0.25) is 5.91 Å². The normalized spacial score (nSPS) is 10.4. The van der Waals surface area contributed by atoms with Crippen LogP contribution in [0, 0.1) is 17.3 Å². The summed E-state index contributed by atoms with van der Waals surface area (Å²) in [5, 5.41) is 11.4. The lowest BCUT2D eigenvalue weighted by Crippen LogP contribution is -2.27. The van der Waals surface area contributed by atoms with E-state index in [0.29, 0.717) is 0 Å². The molecule has 1 aromatic carbocycles. The lowest BCUT2D eigenvalue weighted by atomic mass is 9.95. The van der Waals surface area contributed by atoms with Crippen LogP contribution in [0.15, 0.2) is 24.3 Å². The van der Waals surface area contributed by atoms with Gasteiger partial charge in [-0.2, -0.15) is 0 Å². The van der Waals surface area contributed by atoms with Gasteiger partial charge in [0.15, 0.2) is 0 Å². The molecule has 3 nitrogen and oxygen atoms in total. The first-order chi connectivity index (χ1) is 7.93. The molecule has 0 heterocycles. The standard InChI is InChI=1S/C14H17NO2/c1-14(2,3)13(17)15-12-8-6-11(7-9-12)5-4-10-16/h6-9,16H,10H2,1-3H3,(H,15,17). The molecule has 0 aliphatic rings. The summed E-state index contributed by atoms with van der Waals surface area (Å²) in [4.78, 5) is 11.7. The molecular formula is C14H17NO2. The molecule has 0 atom stereocenters. The summed E-state index contributed by atoms with van der Waals surface area (Å²) in [7, 11) is 0. The Morgan fingerprint density at radius 2 is 1.88 bits per heavy atom. The van der Waals surface area contributed by atoms with Crippen LogP contribution in [0.2, 0.25) is 0 Å². The first-order valence-electron chi connectivity index (χ1n) is 5.45. The number of hydrogen-bond acceptors (Lipinski definition) is 2. The third-order valence-electron chi connectivity index (χ3n) is 2.14. The summed E-state index contributed by atoms with van der Waals surface area (Å²) >= 11 is 0. The van der Waals surface area contributed by atoms with Crippen molar-refractivity contribution in [1.29, 1.82) is 0 Å². The number of anilines is 1. The maximum atomic E-state index is 11.7. The molecule has 17 heavy (non-hydrogen) atoms. The molecule has 0 saturated carbocycles. The number of carbonyl (C=O) groups excluding carboxylic acids is 1. The van der Waals surface area contributed by atoms with Crippen molar-refractivity contribution in [1.82, 2.24) is 0 Å². The summed E-state index contributed by atoms with van der Waals surface area (Å²) in [6, 6.07) is 7.21. The molecule has 1 amide bonds. The van der Waals surface area contributed by atoms with E-state index < -0.39 is 5.41 Å². The Morgan fingerprint density at radius 3 is 2.35 bits per heavy atom. The molecule has 0 saturated heterocycles. The van der Waals surface area contributed by atoms with Crippen LogP contribution in [0.3, 0.4) is 0 Å². The van der Waals surface area contributed by atoms with E-state index in [2.05, 4.69) is 17.2 Å². The van der Waals surface area contributed by atoms with Gasteiger partial charge in [0.1, 0.15) is 6.61 Å². The van der Waals surface area contributed by atoms with Crippen LogP contribution >= 0.6 is 0 Å². The van der Waals surface area contributed by atoms with E-state index in [-0.39, 0.29) is 12.5 Å². The van der Waals surface area contributed by atoms with Crippen molar-refractivity contribution >= 4 is 11.6 Å². The van der Waals surface area contributed by atoms with Crippen LogP contribution in [-0.2, 0) is 4.79 Å². The van der Waals surface area contributed by atoms with E-state index >= 15 is 0 Å². The number of aliphatic hydroxyl groups excluding tert-OH is 1. The van der Waals surface area contributed by atoms with E-state index in [1.54, 1.807) is 24.3 Å². The zero-order valence-electron chi connectivity index (χ0n) is 10.4. The van der Waals surface area contributed by atoms with E-state index in [4.69, 9.17) is 5.11 Å². The minimum Gasteiger partial charge on any atom is -0.384 e. The number of hydrogen-bond donors (Lipinski definition) is 2. The average Bonchev–Trinajstić information content (AvgIpc) is 2.27. The SMILES string of the molecule is CC(C)(C)C(=O)Nc1ccc(C#CCO)cc1. The number of aliphatic hydroxyl groups is 1. The van der Waals surface area contributed by atoms with Crippen LogP contribution < -0.4 is 5.32 Å². The first-order valence-corrected chi connectivity index (χ1v) is 5.45. The Kier molecular flexibility index (Phi) is 4.30. The van der Waals surface area contributed by atoms with Crippen LogP contribution in [0.5, 0.6) is 0 Å². The Hall–Kier alpha value is -1.79. The summed E-state index contributed by atoms with van der Waals surface area (Å²) in [5.74, 6) is 5.34. The fraction of sp³-hybridized carbons (Fsp3) is 0.357. The highest BCUT2D eigenvalue weighted by molar-refractivity contribution is 5.94. The lowest BCUT2D eigenvalue weighted by Gasteiger charge is -2.17. The summed E-state index contributed by atoms with van der Waals surface area (Å²) in [6.07, 6.45) is 0. The van der Waals surface area contributed by atoms with Gasteiger partial charge < -0.3 is 10.4 Å². The van der Waals surface area contributed by atoms with Crippen molar-refractivity contribution in [3.63, 3.8) is 0 Å². The molecule has 90 valence electrons. The van der Waals surface area contributed by atoms with Crippen molar-refractivity contribution < 1.29 is 9.90 Å². The predicted molar refractivity (Wildman–Crippen MR) is 68.5 cm³/mol. The Labute approximate surface area is 102 Å².